The van der Waals surface area contributed by atoms with E-state index in [1.165, 1.54) is 19.4 Å². The Hall–Kier alpha value is -2.91. The average Bonchev–Trinajstić information content (AvgIpc) is 3.04. The van der Waals surface area contributed by atoms with Crippen molar-refractivity contribution in [1.82, 2.24) is 15.2 Å². The van der Waals surface area contributed by atoms with Gasteiger partial charge in [0.1, 0.15) is 0 Å². The number of halogens is 3. The molecule has 0 unspecified atom stereocenters. The van der Waals surface area contributed by atoms with Crippen LogP contribution in [0.4, 0.5) is 24.5 Å². The number of methoxy groups -OCH3 is 1. The summed E-state index contributed by atoms with van der Waals surface area (Å²) in [6.45, 7) is 5.12. The lowest BCUT2D eigenvalue weighted by Crippen LogP contribution is -2.29. The molecule has 0 saturated carbocycles. The molecule has 164 valence electrons. The summed E-state index contributed by atoms with van der Waals surface area (Å²) < 4.78 is 44.4. The van der Waals surface area contributed by atoms with E-state index >= 15 is 0 Å². The number of carbonyl (C=O) groups excluding carboxylic acids is 1. The highest BCUT2D eigenvalue weighted by Crippen LogP contribution is 2.32. The van der Waals surface area contributed by atoms with Crippen LogP contribution in [-0.2, 0) is 6.18 Å². The van der Waals surface area contributed by atoms with E-state index in [2.05, 4.69) is 20.5 Å². The zero-order valence-corrected chi connectivity index (χ0v) is 17.3. The number of pyridine rings is 1. The Balaban J connectivity index is 0.00000155. The van der Waals surface area contributed by atoms with Gasteiger partial charge in [0, 0.05) is 31.0 Å². The molecule has 0 aromatic carbocycles. The highest BCUT2D eigenvalue weighted by molar-refractivity contribution is 6.06. The van der Waals surface area contributed by atoms with E-state index < -0.39 is 17.8 Å². The van der Waals surface area contributed by atoms with Crippen LogP contribution in [-0.4, -0.2) is 41.3 Å². The first-order valence-corrected chi connectivity index (χ1v) is 9.90. The van der Waals surface area contributed by atoms with E-state index in [0.29, 0.717) is 24.7 Å². The van der Waals surface area contributed by atoms with Crippen LogP contribution in [0.25, 0.3) is 0 Å². The van der Waals surface area contributed by atoms with Crippen molar-refractivity contribution in [3.63, 3.8) is 0 Å². The maximum absolute atomic E-state index is 13.1. The molecule has 1 aliphatic rings. The van der Waals surface area contributed by atoms with Crippen LogP contribution < -0.4 is 15.0 Å². The molecule has 3 heterocycles. The van der Waals surface area contributed by atoms with Gasteiger partial charge in [-0.25, -0.2) is 4.98 Å². The Bertz CT molecular complexity index is 837. The summed E-state index contributed by atoms with van der Waals surface area (Å²) in [6, 6.07) is 3.95. The summed E-state index contributed by atoms with van der Waals surface area (Å²) >= 11 is 0. The molecule has 3 rings (SSSR count). The molecule has 0 bridgehead atoms. The fourth-order valence-corrected chi connectivity index (χ4v) is 3.02. The molecule has 1 amide bonds. The SMILES string of the molecule is CC.COc1cc(NC(=O)c2nnc(C(F)(F)F)cc2N2CCCCCC2)ccn1. The molecule has 0 aliphatic carbocycles. The molecule has 0 radical (unpaired) electrons. The monoisotopic (exact) mass is 425 g/mol. The third kappa shape index (κ3) is 6.04. The Labute approximate surface area is 173 Å². The van der Waals surface area contributed by atoms with Crippen molar-refractivity contribution in [3.8, 4) is 5.88 Å². The van der Waals surface area contributed by atoms with Gasteiger partial charge in [-0.15, -0.1) is 10.2 Å². The number of alkyl halides is 3. The molecule has 1 N–H and O–H groups in total. The lowest BCUT2D eigenvalue weighted by molar-refractivity contribution is -0.141. The van der Waals surface area contributed by atoms with Gasteiger partial charge in [-0.2, -0.15) is 13.2 Å². The predicted octanol–water partition coefficient (Wildman–Crippen LogP) is 4.56. The van der Waals surface area contributed by atoms with E-state index in [1.807, 2.05) is 13.8 Å². The largest absolute Gasteiger partial charge is 0.481 e. The molecular weight excluding hydrogens is 399 g/mol. The normalized spacial score (nSPS) is 14.3. The first-order valence-electron chi connectivity index (χ1n) is 9.90. The lowest BCUT2D eigenvalue weighted by Gasteiger charge is -2.25. The van der Waals surface area contributed by atoms with Crippen molar-refractivity contribution in [1.29, 1.82) is 0 Å². The van der Waals surface area contributed by atoms with Gasteiger partial charge >= 0.3 is 6.18 Å². The van der Waals surface area contributed by atoms with Crippen molar-refractivity contribution in [2.75, 3.05) is 30.4 Å². The number of ether oxygens (including phenoxy) is 1. The fraction of sp³-hybridized carbons (Fsp3) is 0.500. The van der Waals surface area contributed by atoms with E-state index in [4.69, 9.17) is 4.74 Å². The van der Waals surface area contributed by atoms with Crippen molar-refractivity contribution in [3.05, 3.63) is 35.8 Å². The third-order valence-electron chi connectivity index (χ3n) is 4.43. The lowest BCUT2D eigenvalue weighted by atomic mass is 10.2. The number of anilines is 2. The molecule has 1 fully saturated rings. The number of hydrogen-bond donors (Lipinski definition) is 1. The maximum Gasteiger partial charge on any atom is 0.435 e. The minimum atomic E-state index is -4.64. The van der Waals surface area contributed by atoms with Gasteiger partial charge in [-0.3, -0.25) is 4.79 Å². The van der Waals surface area contributed by atoms with Crippen molar-refractivity contribution in [2.45, 2.75) is 45.7 Å². The smallest absolute Gasteiger partial charge is 0.435 e. The van der Waals surface area contributed by atoms with Gasteiger partial charge in [-0.05, 0) is 25.0 Å². The third-order valence-corrected chi connectivity index (χ3v) is 4.43. The highest BCUT2D eigenvalue weighted by Gasteiger charge is 2.35. The molecule has 7 nitrogen and oxygen atoms in total. The molecule has 30 heavy (non-hydrogen) atoms. The second kappa shape index (κ2) is 10.7. The average molecular weight is 425 g/mol. The van der Waals surface area contributed by atoms with Crippen molar-refractivity contribution in [2.24, 2.45) is 0 Å². The molecule has 1 saturated heterocycles. The molecule has 2 aromatic rings. The zero-order chi connectivity index (χ0) is 22.1. The Morgan fingerprint density at radius 3 is 2.37 bits per heavy atom. The summed E-state index contributed by atoms with van der Waals surface area (Å²) in [5, 5.41) is 9.46. The van der Waals surface area contributed by atoms with E-state index in [1.54, 1.807) is 11.0 Å². The number of amides is 1. The van der Waals surface area contributed by atoms with Gasteiger partial charge in [0.2, 0.25) is 5.88 Å². The van der Waals surface area contributed by atoms with Gasteiger partial charge in [0.25, 0.3) is 5.91 Å². The number of rotatable bonds is 4. The zero-order valence-electron chi connectivity index (χ0n) is 17.3. The summed E-state index contributed by atoms with van der Waals surface area (Å²) in [6.07, 6.45) is 0.487. The van der Waals surface area contributed by atoms with Gasteiger partial charge < -0.3 is 15.0 Å². The van der Waals surface area contributed by atoms with Crippen LogP contribution in [0.3, 0.4) is 0 Å². The Morgan fingerprint density at radius 1 is 1.10 bits per heavy atom. The molecule has 0 spiro atoms. The van der Waals surface area contributed by atoms with E-state index in [0.717, 1.165) is 31.7 Å². The molecular formula is C20H26F3N5O2. The molecule has 10 heteroatoms. The second-order valence-electron chi connectivity index (χ2n) is 6.40. The summed E-state index contributed by atoms with van der Waals surface area (Å²) in [5.74, 6) is -0.349. The summed E-state index contributed by atoms with van der Waals surface area (Å²) in [7, 11) is 1.44. The van der Waals surface area contributed by atoms with E-state index in [9.17, 15) is 18.0 Å². The highest BCUT2D eigenvalue weighted by atomic mass is 19.4. The predicted molar refractivity (Wildman–Crippen MR) is 108 cm³/mol. The topological polar surface area (TPSA) is 80.2 Å². The first-order chi connectivity index (χ1) is 14.4. The Morgan fingerprint density at radius 2 is 1.77 bits per heavy atom. The van der Waals surface area contributed by atoms with Gasteiger partial charge in [0.05, 0.1) is 12.8 Å². The van der Waals surface area contributed by atoms with Crippen LogP contribution in [0.2, 0.25) is 0 Å². The first kappa shape index (κ1) is 23.4. The minimum Gasteiger partial charge on any atom is -0.481 e. The molecule has 1 aliphatic heterocycles. The number of nitrogens with zero attached hydrogens (tertiary/aromatic N) is 4. The van der Waals surface area contributed by atoms with Gasteiger partial charge in [0.15, 0.2) is 11.4 Å². The van der Waals surface area contributed by atoms with Crippen molar-refractivity contribution >= 4 is 17.3 Å². The van der Waals surface area contributed by atoms with Crippen LogP contribution in [0, 0.1) is 0 Å². The standard InChI is InChI=1S/C18H20F3N5O2.C2H6/c1-28-15-10-12(6-7-22-15)23-17(27)16-13(26-8-4-2-3-5-9-26)11-14(24-25-16)18(19,20)21;1-2/h6-7,10-11H,2-5,8-9H2,1H3,(H,22,23,27);1-2H3. The number of carbonyl (C=O) groups is 1. The molecule has 0 atom stereocenters. The van der Waals surface area contributed by atoms with Crippen molar-refractivity contribution < 1.29 is 22.7 Å². The van der Waals surface area contributed by atoms with Crippen LogP contribution in [0.15, 0.2) is 24.4 Å². The van der Waals surface area contributed by atoms with Gasteiger partial charge in [-0.1, -0.05) is 26.7 Å². The molecule has 2 aromatic heterocycles. The number of aromatic nitrogens is 3. The quantitative estimate of drug-likeness (QED) is 0.774. The summed E-state index contributed by atoms with van der Waals surface area (Å²) in [4.78, 5) is 18.5. The van der Waals surface area contributed by atoms with E-state index in [-0.39, 0.29) is 11.4 Å². The number of hydrogen-bond acceptors (Lipinski definition) is 6. The van der Waals surface area contributed by atoms with Crippen LogP contribution in [0.1, 0.15) is 55.7 Å². The van der Waals surface area contributed by atoms with Crippen LogP contribution in [0.5, 0.6) is 5.88 Å². The number of nitrogens with one attached hydrogen (secondary N) is 1. The minimum absolute atomic E-state index is 0.141. The second-order valence-corrected chi connectivity index (χ2v) is 6.40. The fourth-order valence-electron chi connectivity index (χ4n) is 3.02. The maximum atomic E-state index is 13.1. The van der Waals surface area contributed by atoms with Crippen LogP contribution >= 0.6 is 0 Å². The summed E-state index contributed by atoms with van der Waals surface area (Å²) in [5.41, 5.74) is -0.734. The Kier molecular flexibility index (Phi) is 8.37.